The molecule has 2 aromatic rings. The number of aryl methyl sites for hydroxylation is 2. The number of nitrogens with one attached hydrogen (secondary N) is 1. The minimum atomic E-state index is -0.105. The van der Waals surface area contributed by atoms with Gasteiger partial charge in [0.15, 0.2) is 0 Å². The predicted molar refractivity (Wildman–Crippen MR) is 112 cm³/mol. The Morgan fingerprint density at radius 1 is 1.07 bits per heavy atom. The van der Waals surface area contributed by atoms with E-state index in [0.29, 0.717) is 12.6 Å². The number of nitrogens with zero attached hydrogens (tertiary/aromatic N) is 5. The molecule has 7 nitrogen and oxygen atoms in total. The molecule has 1 aliphatic rings. The molecular formula is C21H32N6O. The van der Waals surface area contributed by atoms with Gasteiger partial charge in [-0.25, -0.2) is 19.9 Å². The topological polar surface area (TPSA) is 76.1 Å². The minimum Gasteiger partial charge on any atom is -0.378 e. The Morgan fingerprint density at radius 3 is 2.39 bits per heavy atom. The lowest BCUT2D eigenvalue weighted by Crippen LogP contribution is -2.40. The van der Waals surface area contributed by atoms with Crippen molar-refractivity contribution in [3.8, 4) is 0 Å². The highest BCUT2D eigenvalue weighted by atomic mass is 16.5. The van der Waals surface area contributed by atoms with Gasteiger partial charge in [-0.3, -0.25) is 0 Å². The summed E-state index contributed by atoms with van der Waals surface area (Å²) in [6.45, 7) is 12.8. The Bertz CT molecular complexity index is 789. The molecule has 28 heavy (non-hydrogen) atoms. The molecule has 0 bridgehead atoms. The summed E-state index contributed by atoms with van der Waals surface area (Å²) in [5, 5.41) is 3.62. The van der Waals surface area contributed by atoms with Crippen molar-refractivity contribution >= 4 is 11.6 Å². The Labute approximate surface area is 168 Å². The van der Waals surface area contributed by atoms with Crippen molar-refractivity contribution in [2.45, 2.75) is 65.5 Å². The van der Waals surface area contributed by atoms with E-state index in [1.807, 2.05) is 19.9 Å². The predicted octanol–water partition coefficient (Wildman–Crippen LogP) is 3.41. The molecule has 0 unspecified atom stereocenters. The van der Waals surface area contributed by atoms with E-state index >= 15 is 0 Å². The van der Waals surface area contributed by atoms with E-state index in [4.69, 9.17) is 9.72 Å². The maximum atomic E-state index is 5.29. The number of anilines is 2. The second-order valence-electron chi connectivity index (χ2n) is 8.57. The standard InChI is InChI=1S/C21H32N6O/c1-14-11-19(23-15(2)22-14)27-9-7-16(8-10-27)24-18-12-17(13-28-6)25-20(26-18)21(3,4)5/h11-12,16H,7-10,13H2,1-6H3,(H,24,25,26). The molecule has 0 aliphatic carbocycles. The van der Waals surface area contributed by atoms with E-state index in [-0.39, 0.29) is 5.41 Å². The summed E-state index contributed by atoms with van der Waals surface area (Å²) >= 11 is 0. The van der Waals surface area contributed by atoms with Crippen molar-refractivity contribution in [2.75, 3.05) is 30.4 Å². The lowest BCUT2D eigenvalue weighted by molar-refractivity contribution is 0.181. The number of hydrogen-bond donors (Lipinski definition) is 1. The highest BCUT2D eigenvalue weighted by Crippen LogP contribution is 2.24. The quantitative estimate of drug-likeness (QED) is 0.846. The van der Waals surface area contributed by atoms with E-state index in [2.05, 4.69) is 52.0 Å². The van der Waals surface area contributed by atoms with Crippen LogP contribution in [0.2, 0.25) is 0 Å². The number of methoxy groups -OCH3 is 1. The van der Waals surface area contributed by atoms with Crippen molar-refractivity contribution in [1.29, 1.82) is 0 Å². The summed E-state index contributed by atoms with van der Waals surface area (Å²) in [4.78, 5) is 20.7. The van der Waals surface area contributed by atoms with E-state index in [1.165, 1.54) is 0 Å². The van der Waals surface area contributed by atoms with Gasteiger partial charge in [0.1, 0.15) is 23.3 Å². The van der Waals surface area contributed by atoms with Gasteiger partial charge in [0.2, 0.25) is 0 Å². The molecule has 0 atom stereocenters. The van der Waals surface area contributed by atoms with Crippen LogP contribution in [0.5, 0.6) is 0 Å². The minimum absolute atomic E-state index is 0.105. The Hall–Kier alpha value is -2.28. The Balaban J connectivity index is 1.68. The van der Waals surface area contributed by atoms with E-state index in [9.17, 15) is 0 Å². The molecule has 1 fully saturated rings. The first kappa shape index (κ1) is 20.5. The average molecular weight is 385 g/mol. The first-order valence-electron chi connectivity index (χ1n) is 9.96. The molecule has 2 aromatic heterocycles. The fourth-order valence-electron chi connectivity index (χ4n) is 3.45. The first-order valence-corrected chi connectivity index (χ1v) is 9.96. The van der Waals surface area contributed by atoms with Gasteiger partial charge < -0.3 is 15.0 Å². The summed E-state index contributed by atoms with van der Waals surface area (Å²) in [6, 6.07) is 4.46. The van der Waals surface area contributed by atoms with Gasteiger partial charge in [0, 0.05) is 49.5 Å². The van der Waals surface area contributed by atoms with Crippen LogP contribution < -0.4 is 10.2 Å². The Kier molecular flexibility index (Phi) is 6.13. The molecule has 152 valence electrons. The fraction of sp³-hybridized carbons (Fsp3) is 0.619. The average Bonchev–Trinajstić information content (AvgIpc) is 2.61. The maximum Gasteiger partial charge on any atom is 0.136 e. The van der Waals surface area contributed by atoms with Crippen LogP contribution in [0.4, 0.5) is 11.6 Å². The normalized spacial score (nSPS) is 15.7. The smallest absolute Gasteiger partial charge is 0.136 e. The zero-order valence-corrected chi connectivity index (χ0v) is 17.9. The third kappa shape index (κ3) is 5.16. The zero-order valence-electron chi connectivity index (χ0n) is 17.9. The van der Waals surface area contributed by atoms with Crippen LogP contribution in [0.25, 0.3) is 0 Å². The molecule has 0 spiro atoms. The Morgan fingerprint density at radius 2 is 1.79 bits per heavy atom. The third-order valence-corrected chi connectivity index (χ3v) is 4.87. The summed E-state index contributed by atoms with van der Waals surface area (Å²) in [7, 11) is 1.69. The molecular weight excluding hydrogens is 352 g/mol. The van der Waals surface area contributed by atoms with Crippen molar-refractivity contribution < 1.29 is 4.74 Å². The first-order chi connectivity index (χ1) is 13.2. The monoisotopic (exact) mass is 384 g/mol. The van der Waals surface area contributed by atoms with E-state index < -0.39 is 0 Å². The van der Waals surface area contributed by atoms with E-state index in [1.54, 1.807) is 7.11 Å². The highest BCUT2D eigenvalue weighted by molar-refractivity contribution is 5.42. The van der Waals surface area contributed by atoms with Gasteiger partial charge in [-0.1, -0.05) is 20.8 Å². The number of piperidine rings is 1. The van der Waals surface area contributed by atoms with Crippen molar-refractivity contribution in [3.63, 3.8) is 0 Å². The molecule has 0 amide bonds. The largest absolute Gasteiger partial charge is 0.378 e. The number of hydrogen-bond acceptors (Lipinski definition) is 7. The van der Waals surface area contributed by atoms with Crippen molar-refractivity contribution in [1.82, 2.24) is 19.9 Å². The summed E-state index contributed by atoms with van der Waals surface area (Å²) in [6.07, 6.45) is 2.08. The summed E-state index contributed by atoms with van der Waals surface area (Å²) in [5.74, 6) is 3.59. The van der Waals surface area contributed by atoms with Crippen LogP contribution in [0.1, 0.15) is 56.6 Å². The van der Waals surface area contributed by atoms with Crippen molar-refractivity contribution in [2.24, 2.45) is 0 Å². The molecule has 7 heteroatoms. The maximum absolute atomic E-state index is 5.29. The van der Waals surface area contributed by atoms with Gasteiger partial charge in [0.05, 0.1) is 12.3 Å². The lowest BCUT2D eigenvalue weighted by atomic mass is 9.95. The molecule has 0 aromatic carbocycles. The molecule has 1 saturated heterocycles. The van der Waals surface area contributed by atoms with E-state index in [0.717, 1.165) is 60.6 Å². The molecule has 3 heterocycles. The third-order valence-electron chi connectivity index (χ3n) is 4.87. The van der Waals surface area contributed by atoms with Crippen LogP contribution in [0, 0.1) is 13.8 Å². The number of ether oxygens (including phenoxy) is 1. The second-order valence-corrected chi connectivity index (χ2v) is 8.57. The molecule has 1 N–H and O–H groups in total. The van der Waals surface area contributed by atoms with Gasteiger partial charge in [0.25, 0.3) is 0 Å². The van der Waals surface area contributed by atoms with Crippen LogP contribution in [-0.4, -0.2) is 46.2 Å². The summed E-state index contributed by atoms with van der Waals surface area (Å²) in [5.41, 5.74) is 1.82. The van der Waals surface area contributed by atoms with Gasteiger partial charge in [-0.15, -0.1) is 0 Å². The molecule has 1 aliphatic heterocycles. The number of aromatic nitrogens is 4. The van der Waals surface area contributed by atoms with Gasteiger partial charge >= 0.3 is 0 Å². The van der Waals surface area contributed by atoms with Gasteiger partial charge in [-0.2, -0.15) is 0 Å². The highest BCUT2D eigenvalue weighted by Gasteiger charge is 2.23. The lowest BCUT2D eigenvalue weighted by Gasteiger charge is -2.33. The fourth-order valence-corrected chi connectivity index (χ4v) is 3.45. The number of rotatable bonds is 5. The zero-order chi connectivity index (χ0) is 20.3. The van der Waals surface area contributed by atoms with Crippen LogP contribution in [-0.2, 0) is 16.8 Å². The molecule has 3 rings (SSSR count). The molecule has 0 saturated carbocycles. The summed E-state index contributed by atoms with van der Waals surface area (Å²) < 4.78 is 5.29. The van der Waals surface area contributed by atoms with Crippen molar-refractivity contribution in [3.05, 3.63) is 35.2 Å². The van der Waals surface area contributed by atoms with Crippen LogP contribution in [0.3, 0.4) is 0 Å². The van der Waals surface area contributed by atoms with Crippen LogP contribution >= 0.6 is 0 Å². The molecule has 0 radical (unpaired) electrons. The SMILES string of the molecule is COCc1cc(NC2CCN(c3cc(C)nc(C)n3)CC2)nc(C(C)(C)C)n1. The second kappa shape index (κ2) is 8.39. The van der Waals surface area contributed by atoms with Gasteiger partial charge in [-0.05, 0) is 26.7 Å². The van der Waals surface area contributed by atoms with Crippen LogP contribution in [0.15, 0.2) is 12.1 Å².